The fourth-order valence-electron chi connectivity index (χ4n) is 3.74. The number of piperidine rings is 1. The minimum Gasteiger partial charge on any atom is -0.350 e. The van der Waals surface area contributed by atoms with Crippen LogP contribution in [0.1, 0.15) is 49.0 Å². The monoisotopic (exact) mass is 427 g/mol. The average molecular weight is 428 g/mol. The molecule has 2 aromatic carbocycles. The summed E-state index contributed by atoms with van der Waals surface area (Å²) in [5.74, 6) is -0.301. The number of benzene rings is 2. The molecule has 0 aliphatic carbocycles. The first-order valence-electron chi connectivity index (χ1n) is 10.6. The summed E-state index contributed by atoms with van der Waals surface area (Å²) in [6.07, 6.45) is 2.67. The van der Waals surface area contributed by atoms with E-state index in [4.69, 9.17) is 11.6 Å². The van der Waals surface area contributed by atoms with E-state index in [1.807, 2.05) is 44.2 Å². The van der Waals surface area contributed by atoms with Crippen molar-refractivity contribution < 1.29 is 9.59 Å². The van der Waals surface area contributed by atoms with Crippen molar-refractivity contribution in [3.05, 3.63) is 64.7 Å². The molecule has 0 bridgehead atoms. The van der Waals surface area contributed by atoms with Gasteiger partial charge in [0.2, 0.25) is 5.91 Å². The third kappa shape index (κ3) is 6.07. The summed E-state index contributed by atoms with van der Waals surface area (Å²) in [5, 5.41) is 6.69. The van der Waals surface area contributed by atoms with Gasteiger partial charge in [-0.15, -0.1) is 0 Å². The zero-order valence-corrected chi connectivity index (χ0v) is 18.4. The standard InChI is InChI=1S/C24H30ClN3O2/c1-3-17(2)26-24(30)21-11-4-5-12-22(21)27-23(29)19-9-7-13-28(16-19)15-18-8-6-10-20(25)14-18/h4-6,8,10-12,14,17,19H,3,7,9,13,15-16H2,1-2H3,(H,26,30)(H,27,29). The fourth-order valence-corrected chi connectivity index (χ4v) is 3.95. The van der Waals surface area contributed by atoms with Gasteiger partial charge in [-0.3, -0.25) is 14.5 Å². The van der Waals surface area contributed by atoms with Crippen LogP contribution in [0.5, 0.6) is 0 Å². The van der Waals surface area contributed by atoms with Crippen LogP contribution in [0.15, 0.2) is 48.5 Å². The summed E-state index contributed by atoms with van der Waals surface area (Å²) >= 11 is 6.10. The van der Waals surface area contributed by atoms with Gasteiger partial charge in [-0.05, 0) is 62.6 Å². The maximum Gasteiger partial charge on any atom is 0.253 e. The van der Waals surface area contributed by atoms with E-state index in [0.717, 1.165) is 42.9 Å². The van der Waals surface area contributed by atoms with Gasteiger partial charge in [-0.25, -0.2) is 0 Å². The molecule has 0 radical (unpaired) electrons. The Morgan fingerprint density at radius 3 is 2.77 bits per heavy atom. The molecular formula is C24H30ClN3O2. The molecule has 5 nitrogen and oxygen atoms in total. The van der Waals surface area contributed by atoms with Crippen LogP contribution in [-0.2, 0) is 11.3 Å². The van der Waals surface area contributed by atoms with Crippen molar-refractivity contribution in [2.75, 3.05) is 18.4 Å². The normalized spacial score (nSPS) is 17.9. The number of carbonyl (C=O) groups is 2. The van der Waals surface area contributed by atoms with Crippen LogP contribution in [0, 0.1) is 5.92 Å². The van der Waals surface area contributed by atoms with Crippen LogP contribution in [0.2, 0.25) is 5.02 Å². The number of carbonyl (C=O) groups excluding carboxylic acids is 2. The molecule has 6 heteroatoms. The molecule has 2 amide bonds. The van der Waals surface area contributed by atoms with Crippen molar-refractivity contribution in [2.24, 2.45) is 5.92 Å². The quantitative estimate of drug-likeness (QED) is 0.672. The van der Waals surface area contributed by atoms with Gasteiger partial charge in [-0.2, -0.15) is 0 Å². The van der Waals surface area contributed by atoms with Crippen molar-refractivity contribution in [2.45, 2.75) is 45.7 Å². The highest BCUT2D eigenvalue weighted by Crippen LogP contribution is 2.23. The number of amides is 2. The maximum absolute atomic E-state index is 13.0. The molecule has 1 aliphatic rings. The summed E-state index contributed by atoms with van der Waals surface area (Å²) in [6.45, 7) is 6.43. The number of likely N-dealkylation sites (tertiary alicyclic amines) is 1. The van der Waals surface area contributed by atoms with Crippen LogP contribution in [-0.4, -0.2) is 35.8 Å². The Balaban J connectivity index is 1.64. The minimum absolute atomic E-state index is 0.0328. The second-order valence-corrected chi connectivity index (χ2v) is 8.46. The van der Waals surface area contributed by atoms with E-state index in [2.05, 4.69) is 21.6 Å². The van der Waals surface area contributed by atoms with Gasteiger partial charge in [0.25, 0.3) is 5.91 Å². The number of hydrogen-bond acceptors (Lipinski definition) is 3. The highest BCUT2D eigenvalue weighted by Gasteiger charge is 2.27. The van der Waals surface area contributed by atoms with E-state index in [0.29, 0.717) is 17.8 Å². The minimum atomic E-state index is -0.161. The van der Waals surface area contributed by atoms with E-state index in [9.17, 15) is 9.59 Å². The lowest BCUT2D eigenvalue weighted by atomic mass is 9.96. The second kappa shape index (κ2) is 10.6. The number of para-hydroxylation sites is 1. The van der Waals surface area contributed by atoms with Gasteiger partial charge in [0.1, 0.15) is 0 Å². The Morgan fingerprint density at radius 2 is 2.00 bits per heavy atom. The summed E-state index contributed by atoms with van der Waals surface area (Å²) in [5.41, 5.74) is 2.21. The lowest BCUT2D eigenvalue weighted by Gasteiger charge is -2.32. The van der Waals surface area contributed by atoms with E-state index in [-0.39, 0.29) is 23.8 Å². The van der Waals surface area contributed by atoms with Crippen LogP contribution in [0.3, 0.4) is 0 Å². The van der Waals surface area contributed by atoms with Gasteiger partial charge in [0, 0.05) is 24.2 Å². The molecule has 1 fully saturated rings. The number of nitrogens with one attached hydrogen (secondary N) is 2. The number of nitrogens with zero attached hydrogens (tertiary/aromatic N) is 1. The topological polar surface area (TPSA) is 61.4 Å². The van der Waals surface area contributed by atoms with Crippen molar-refractivity contribution in [1.29, 1.82) is 0 Å². The first kappa shape index (κ1) is 22.3. The molecule has 3 rings (SSSR count). The number of hydrogen-bond donors (Lipinski definition) is 2. The number of anilines is 1. The molecule has 2 unspecified atom stereocenters. The second-order valence-electron chi connectivity index (χ2n) is 8.02. The Morgan fingerprint density at radius 1 is 1.20 bits per heavy atom. The first-order valence-corrected chi connectivity index (χ1v) is 11.0. The van der Waals surface area contributed by atoms with E-state index in [1.165, 1.54) is 0 Å². The van der Waals surface area contributed by atoms with Crippen LogP contribution in [0.25, 0.3) is 0 Å². The fraction of sp³-hybridized carbons (Fsp3) is 0.417. The lowest BCUT2D eigenvalue weighted by molar-refractivity contribution is -0.121. The largest absolute Gasteiger partial charge is 0.350 e. The molecule has 1 saturated heterocycles. The van der Waals surface area contributed by atoms with Gasteiger partial charge in [-0.1, -0.05) is 42.8 Å². The highest BCUT2D eigenvalue weighted by atomic mass is 35.5. The molecule has 1 heterocycles. The van der Waals surface area contributed by atoms with Crippen molar-refractivity contribution in [3.63, 3.8) is 0 Å². The van der Waals surface area contributed by atoms with Crippen LogP contribution in [0.4, 0.5) is 5.69 Å². The molecule has 30 heavy (non-hydrogen) atoms. The van der Waals surface area contributed by atoms with Gasteiger partial charge in [0.15, 0.2) is 0 Å². The van der Waals surface area contributed by atoms with Crippen molar-refractivity contribution >= 4 is 29.1 Å². The van der Waals surface area contributed by atoms with E-state index < -0.39 is 0 Å². The first-order chi connectivity index (χ1) is 14.5. The predicted octanol–water partition coefficient (Wildman–Crippen LogP) is 4.72. The van der Waals surface area contributed by atoms with Gasteiger partial charge in [0.05, 0.1) is 17.2 Å². The maximum atomic E-state index is 13.0. The van der Waals surface area contributed by atoms with E-state index >= 15 is 0 Å². The Labute approximate surface area is 183 Å². The van der Waals surface area contributed by atoms with Crippen LogP contribution < -0.4 is 10.6 Å². The van der Waals surface area contributed by atoms with Crippen molar-refractivity contribution in [1.82, 2.24) is 10.2 Å². The molecule has 1 aliphatic heterocycles. The highest BCUT2D eigenvalue weighted by molar-refractivity contribution is 6.30. The SMILES string of the molecule is CCC(C)NC(=O)c1ccccc1NC(=O)C1CCCN(Cc2cccc(Cl)c2)C1. The molecule has 2 aromatic rings. The third-order valence-electron chi connectivity index (χ3n) is 5.59. The predicted molar refractivity (Wildman–Crippen MR) is 122 cm³/mol. The molecule has 0 spiro atoms. The lowest BCUT2D eigenvalue weighted by Crippen LogP contribution is -2.40. The number of halogens is 1. The molecule has 160 valence electrons. The van der Waals surface area contributed by atoms with Gasteiger partial charge >= 0.3 is 0 Å². The molecule has 0 aromatic heterocycles. The zero-order valence-electron chi connectivity index (χ0n) is 17.7. The summed E-state index contributed by atoms with van der Waals surface area (Å²) in [6, 6.07) is 15.1. The summed E-state index contributed by atoms with van der Waals surface area (Å²) in [7, 11) is 0. The molecular weight excluding hydrogens is 398 g/mol. The van der Waals surface area contributed by atoms with Crippen LogP contribution >= 0.6 is 11.6 Å². The summed E-state index contributed by atoms with van der Waals surface area (Å²) in [4.78, 5) is 27.9. The number of rotatable bonds is 7. The Bertz CT molecular complexity index is 886. The Hall–Kier alpha value is -2.37. The Kier molecular flexibility index (Phi) is 7.88. The zero-order chi connectivity index (χ0) is 21.5. The third-order valence-corrected chi connectivity index (χ3v) is 5.83. The molecule has 2 N–H and O–H groups in total. The van der Waals surface area contributed by atoms with E-state index in [1.54, 1.807) is 12.1 Å². The summed E-state index contributed by atoms with van der Waals surface area (Å²) < 4.78 is 0. The molecule has 0 saturated carbocycles. The van der Waals surface area contributed by atoms with Gasteiger partial charge < -0.3 is 10.6 Å². The smallest absolute Gasteiger partial charge is 0.253 e. The molecule has 2 atom stereocenters. The average Bonchev–Trinajstić information content (AvgIpc) is 2.74. The van der Waals surface area contributed by atoms with Crippen molar-refractivity contribution in [3.8, 4) is 0 Å².